The van der Waals surface area contributed by atoms with Crippen LogP contribution in [-0.4, -0.2) is 27.6 Å². The maximum absolute atomic E-state index is 12.1. The summed E-state index contributed by atoms with van der Waals surface area (Å²) in [5, 5.41) is 6.60. The summed E-state index contributed by atoms with van der Waals surface area (Å²) < 4.78 is 10.3. The molecule has 0 aliphatic rings. The molecule has 3 heterocycles. The summed E-state index contributed by atoms with van der Waals surface area (Å²) in [7, 11) is 0. The maximum Gasteiger partial charge on any atom is 0.273 e. The lowest BCUT2D eigenvalue weighted by Crippen LogP contribution is -2.25. The molecule has 4 aromatic rings. The van der Waals surface area contributed by atoms with Crippen LogP contribution in [0.25, 0.3) is 22.6 Å². The molecule has 0 saturated heterocycles. The summed E-state index contributed by atoms with van der Waals surface area (Å²) in [6.45, 7) is 0.527. The second kappa shape index (κ2) is 6.64. The average Bonchev–Trinajstić information content (AvgIpc) is 3.37. The number of furan rings is 1. The van der Waals surface area contributed by atoms with E-state index in [4.69, 9.17) is 8.94 Å². The van der Waals surface area contributed by atoms with Gasteiger partial charge in [0, 0.05) is 19.0 Å². The molecule has 4 rings (SSSR count). The van der Waals surface area contributed by atoms with E-state index in [1.165, 1.54) is 6.26 Å². The van der Waals surface area contributed by atoms with E-state index in [-0.39, 0.29) is 11.6 Å². The number of imidazole rings is 1. The van der Waals surface area contributed by atoms with Gasteiger partial charge in [-0.2, -0.15) is 0 Å². The lowest BCUT2D eigenvalue weighted by atomic mass is 10.2. The van der Waals surface area contributed by atoms with Crippen LogP contribution in [0.1, 0.15) is 22.7 Å². The fourth-order valence-corrected chi connectivity index (χ4v) is 2.59. The summed E-state index contributed by atoms with van der Waals surface area (Å²) in [6.07, 6.45) is 3.07. The number of benzene rings is 1. The third-order valence-corrected chi connectivity index (χ3v) is 3.82. The minimum atomic E-state index is -0.272. The Labute approximate surface area is 143 Å². The number of aromatic amines is 1. The van der Waals surface area contributed by atoms with E-state index in [1.54, 1.807) is 18.2 Å². The lowest BCUT2D eigenvalue weighted by Gasteiger charge is -2.01. The first kappa shape index (κ1) is 15.2. The van der Waals surface area contributed by atoms with Crippen LogP contribution in [-0.2, 0) is 6.42 Å². The Bertz CT molecular complexity index is 952. The van der Waals surface area contributed by atoms with Gasteiger partial charge in [-0.3, -0.25) is 4.79 Å². The Morgan fingerprint density at radius 3 is 2.92 bits per heavy atom. The van der Waals surface area contributed by atoms with Gasteiger partial charge < -0.3 is 19.2 Å². The van der Waals surface area contributed by atoms with E-state index < -0.39 is 0 Å². The van der Waals surface area contributed by atoms with E-state index in [1.807, 2.05) is 24.3 Å². The number of nitrogens with one attached hydrogen (secondary N) is 2. The van der Waals surface area contributed by atoms with Gasteiger partial charge in [0.1, 0.15) is 5.82 Å². The number of carbonyl (C=O) groups excluding carboxylic acids is 1. The highest BCUT2D eigenvalue weighted by Gasteiger charge is 2.14. The molecule has 0 radical (unpaired) electrons. The zero-order valence-corrected chi connectivity index (χ0v) is 13.4. The van der Waals surface area contributed by atoms with Gasteiger partial charge in [-0.25, -0.2) is 4.98 Å². The molecule has 0 fully saturated rings. The molecular formula is C18H16N4O3. The number of fused-ring (bicyclic) bond motifs is 1. The Morgan fingerprint density at radius 1 is 1.16 bits per heavy atom. The average molecular weight is 336 g/mol. The first-order chi connectivity index (χ1) is 12.3. The molecular weight excluding hydrogens is 320 g/mol. The summed E-state index contributed by atoms with van der Waals surface area (Å²) in [5.41, 5.74) is 2.21. The van der Waals surface area contributed by atoms with Crippen LogP contribution < -0.4 is 5.32 Å². The van der Waals surface area contributed by atoms with Crippen molar-refractivity contribution in [2.24, 2.45) is 0 Å². The summed E-state index contributed by atoms with van der Waals surface area (Å²) in [5.74, 6) is 1.61. The van der Waals surface area contributed by atoms with Gasteiger partial charge in [0.25, 0.3) is 5.91 Å². The number of aryl methyl sites for hydroxylation is 1. The Hall–Kier alpha value is -3.35. The molecule has 2 N–H and O–H groups in total. The van der Waals surface area contributed by atoms with Gasteiger partial charge in [0.2, 0.25) is 5.76 Å². The molecule has 1 aromatic carbocycles. The predicted molar refractivity (Wildman–Crippen MR) is 91.0 cm³/mol. The largest absolute Gasteiger partial charge is 0.461 e. The Balaban J connectivity index is 1.29. The number of para-hydroxylation sites is 2. The van der Waals surface area contributed by atoms with E-state index in [0.717, 1.165) is 29.7 Å². The Kier molecular flexibility index (Phi) is 4.04. The van der Waals surface area contributed by atoms with Gasteiger partial charge in [-0.15, -0.1) is 0 Å². The van der Waals surface area contributed by atoms with Gasteiger partial charge in [-0.05, 0) is 30.7 Å². The molecule has 0 spiro atoms. The molecule has 25 heavy (non-hydrogen) atoms. The number of hydrogen-bond donors (Lipinski definition) is 2. The van der Waals surface area contributed by atoms with Gasteiger partial charge in [0.15, 0.2) is 11.5 Å². The monoisotopic (exact) mass is 336 g/mol. The molecule has 0 aliphatic carbocycles. The van der Waals surface area contributed by atoms with Crippen molar-refractivity contribution < 1.29 is 13.7 Å². The second-order valence-electron chi connectivity index (χ2n) is 5.61. The van der Waals surface area contributed by atoms with Crippen LogP contribution in [0.4, 0.5) is 0 Å². The van der Waals surface area contributed by atoms with Crippen LogP contribution >= 0.6 is 0 Å². The number of nitrogens with zero attached hydrogens (tertiary/aromatic N) is 2. The molecule has 126 valence electrons. The zero-order chi connectivity index (χ0) is 17.1. The van der Waals surface area contributed by atoms with Crippen molar-refractivity contribution in [1.82, 2.24) is 20.4 Å². The smallest absolute Gasteiger partial charge is 0.273 e. The molecule has 0 aliphatic heterocycles. The van der Waals surface area contributed by atoms with E-state index in [2.05, 4.69) is 20.4 Å². The minimum Gasteiger partial charge on any atom is -0.461 e. The molecule has 3 aromatic heterocycles. The minimum absolute atomic E-state index is 0.232. The van der Waals surface area contributed by atoms with Gasteiger partial charge in [-0.1, -0.05) is 17.3 Å². The van der Waals surface area contributed by atoms with Crippen molar-refractivity contribution in [3.8, 4) is 11.5 Å². The summed E-state index contributed by atoms with van der Waals surface area (Å²) >= 11 is 0. The van der Waals surface area contributed by atoms with Crippen LogP contribution in [0.3, 0.4) is 0 Å². The molecule has 0 bridgehead atoms. The summed E-state index contributed by atoms with van der Waals surface area (Å²) in [4.78, 5) is 19.9. The number of carbonyl (C=O) groups is 1. The van der Waals surface area contributed by atoms with Crippen molar-refractivity contribution in [3.63, 3.8) is 0 Å². The van der Waals surface area contributed by atoms with Crippen LogP contribution in [0.5, 0.6) is 0 Å². The highest BCUT2D eigenvalue weighted by atomic mass is 16.5. The normalized spacial score (nSPS) is 11.0. The van der Waals surface area contributed by atoms with Crippen LogP contribution in [0, 0.1) is 0 Å². The van der Waals surface area contributed by atoms with Crippen LogP contribution in [0.15, 0.2) is 57.7 Å². The van der Waals surface area contributed by atoms with Crippen molar-refractivity contribution >= 4 is 16.9 Å². The molecule has 0 atom stereocenters. The number of H-pyrrole nitrogens is 1. The van der Waals surface area contributed by atoms with E-state index >= 15 is 0 Å². The summed E-state index contributed by atoms with van der Waals surface area (Å²) in [6, 6.07) is 13.0. The topological polar surface area (TPSA) is 97.0 Å². The zero-order valence-electron chi connectivity index (χ0n) is 13.4. The van der Waals surface area contributed by atoms with Crippen molar-refractivity contribution in [3.05, 3.63) is 60.2 Å². The molecule has 0 saturated carbocycles. The van der Waals surface area contributed by atoms with E-state index in [9.17, 15) is 4.79 Å². The van der Waals surface area contributed by atoms with Crippen molar-refractivity contribution in [2.75, 3.05) is 6.54 Å². The molecule has 7 nitrogen and oxygen atoms in total. The number of hydrogen-bond acceptors (Lipinski definition) is 5. The number of aromatic nitrogens is 3. The van der Waals surface area contributed by atoms with E-state index in [0.29, 0.717) is 18.1 Å². The molecule has 7 heteroatoms. The standard InChI is InChI=1S/C18H16N4O3/c23-18(14-11-16(25-22-14)15-7-4-10-24-15)19-9-3-8-17-20-12-5-1-2-6-13(12)21-17/h1-2,4-7,10-11H,3,8-9H2,(H,19,23)(H,20,21). The van der Waals surface area contributed by atoms with Crippen molar-refractivity contribution in [2.45, 2.75) is 12.8 Å². The van der Waals surface area contributed by atoms with Crippen molar-refractivity contribution in [1.29, 1.82) is 0 Å². The highest BCUT2D eigenvalue weighted by Crippen LogP contribution is 2.20. The molecule has 0 unspecified atom stereocenters. The van der Waals surface area contributed by atoms with Gasteiger partial charge >= 0.3 is 0 Å². The Morgan fingerprint density at radius 2 is 2.08 bits per heavy atom. The fourth-order valence-electron chi connectivity index (χ4n) is 2.59. The lowest BCUT2D eigenvalue weighted by molar-refractivity contribution is 0.0944. The molecule has 1 amide bonds. The maximum atomic E-state index is 12.1. The number of rotatable bonds is 6. The third-order valence-electron chi connectivity index (χ3n) is 3.82. The fraction of sp³-hybridized carbons (Fsp3) is 0.167. The number of amides is 1. The first-order valence-corrected chi connectivity index (χ1v) is 8.02. The highest BCUT2D eigenvalue weighted by molar-refractivity contribution is 5.92. The predicted octanol–water partition coefficient (Wildman–Crippen LogP) is 3.17. The SMILES string of the molecule is O=C(NCCCc1nc2ccccc2[nH]1)c1cc(-c2ccco2)on1. The second-order valence-corrected chi connectivity index (χ2v) is 5.61. The van der Waals surface area contributed by atoms with Crippen LogP contribution in [0.2, 0.25) is 0 Å². The first-order valence-electron chi connectivity index (χ1n) is 8.02. The van der Waals surface area contributed by atoms with Gasteiger partial charge in [0.05, 0.1) is 17.3 Å². The third kappa shape index (κ3) is 3.30. The quantitative estimate of drug-likeness (QED) is 0.527.